The molecule has 3 rings (SSSR count). The van der Waals surface area contributed by atoms with Crippen molar-refractivity contribution in [3.8, 4) is 0 Å². The van der Waals surface area contributed by atoms with Crippen LogP contribution in [-0.4, -0.2) is 32.8 Å². The minimum atomic E-state index is -0.545. The summed E-state index contributed by atoms with van der Waals surface area (Å²) in [5.74, 6) is 0.114. The second kappa shape index (κ2) is 7.77. The van der Waals surface area contributed by atoms with Gasteiger partial charge in [0.1, 0.15) is 6.04 Å². The van der Waals surface area contributed by atoms with Crippen molar-refractivity contribution in [3.63, 3.8) is 0 Å². The molecule has 7 heteroatoms. The molecule has 0 atom stereocenters. The molecule has 1 aromatic heterocycles. The number of aromatic nitrogens is 3. The summed E-state index contributed by atoms with van der Waals surface area (Å²) in [6.07, 6.45) is 0. The molecule has 0 radical (unpaired) electrons. The predicted octanol–water partition coefficient (Wildman–Crippen LogP) is 3.67. The number of hydrogen-bond donors (Lipinski definition) is 0. The lowest BCUT2D eigenvalue weighted by molar-refractivity contribution is -0.394. The van der Waals surface area contributed by atoms with E-state index < -0.39 is 4.92 Å². The van der Waals surface area contributed by atoms with Crippen molar-refractivity contribution < 1.29 is 4.92 Å². The van der Waals surface area contributed by atoms with E-state index in [0.29, 0.717) is 19.0 Å². The molecule has 0 spiro atoms. The second-order valence-corrected chi connectivity index (χ2v) is 5.81. The summed E-state index contributed by atoms with van der Waals surface area (Å²) in [5, 5.41) is 15.6. The van der Waals surface area contributed by atoms with Gasteiger partial charge in [0, 0.05) is 18.2 Å². The van der Waals surface area contributed by atoms with Crippen LogP contribution in [0.15, 0.2) is 60.7 Å². The van der Waals surface area contributed by atoms with Gasteiger partial charge < -0.3 is 15.0 Å². The van der Waals surface area contributed by atoms with Gasteiger partial charge >= 0.3 is 11.9 Å². The van der Waals surface area contributed by atoms with Crippen molar-refractivity contribution in [2.45, 2.75) is 19.9 Å². The normalized spacial score (nSPS) is 10.9. The number of nitrogens with zero attached hydrogens (tertiary/aromatic N) is 5. The van der Waals surface area contributed by atoms with Gasteiger partial charge in [0.25, 0.3) is 0 Å². The Kier molecular flexibility index (Phi) is 5.26. The van der Waals surface area contributed by atoms with Crippen LogP contribution in [0.4, 0.5) is 11.9 Å². The van der Waals surface area contributed by atoms with Crippen LogP contribution in [0, 0.1) is 10.1 Å². The van der Waals surface area contributed by atoms with E-state index in [1.807, 2.05) is 79.4 Å². The molecule has 0 bridgehead atoms. The molecule has 1 heterocycles. The van der Waals surface area contributed by atoms with Gasteiger partial charge in [-0.15, -0.1) is 4.68 Å². The average molecular weight is 351 g/mol. The molecule has 0 unspecified atom stereocenters. The van der Waals surface area contributed by atoms with Crippen LogP contribution < -0.4 is 4.90 Å². The third kappa shape index (κ3) is 3.42. The Labute approximate surface area is 152 Å². The highest BCUT2D eigenvalue weighted by atomic mass is 16.6. The molecule has 0 saturated heterocycles. The number of benzene rings is 2. The van der Waals surface area contributed by atoms with Crippen molar-refractivity contribution >= 4 is 11.9 Å². The van der Waals surface area contributed by atoms with Gasteiger partial charge in [-0.25, -0.2) is 0 Å². The first-order chi connectivity index (χ1) is 12.7. The van der Waals surface area contributed by atoms with Crippen LogP contribution in [0.3, 0.4) is 0 Å². The summed E-state index contributed by atoms with van der Waals surface area (Å²) < 4.78 is 1.66. The van der Waals surface area contributed by atoms with Crippen molar-refractivity contribution in [1.82, 2.24) is 14.8 Å². The van der Waals surface area contributed by atoms with E-state index >= 15 is 0 Å². The quantitative estimate of drug-likeness (QED) is 0.479. The fourth-order valence-corrected chi connectivity index (χ4v) is 3.02. The molecular formula is C19H21N5O2. The van der Waals surface area contributed by atoms with Crippen LogP contribution in [0.1, 0.15) is 31.0 Å². The standard InChI is InChI=1S/C19H21N5O2/c1-3-22(4-2)19-20-18(24(25)26)21-23(19)17(15-11-7-5-8-12-15)16-13-9-6-10-14-16/h5-14,17H,3-4H2,1-2H3. The summed E-state index contributed by atoms with van der Waals surface area (Å²) in [4.78, 5) is 16.9. The number of nitro groups is 1. The molecule has 0 aliphatic carbocycles. The molecule has 0 aliphatic heterocycles. The van der Waals surface area contributed by atoms with E-state index in [1.54, 1.807) is 4.68 Å². The first-order valence-corrected chi connectivity index (χ1v) is 8.61. The molecule has 0 aliphatic rings. The Morgan fingerprint density at radius 2 is 1.50 bits per heavy atom. The highest BCUT2D eigenvalue weighted by Gasteiger charge is 2.31. The van der Waals surface area contributed by atoms with Crippen LogP contribution >= 0.6 is 0 Å². The molecule has 0 N–H and O–H groups in total. The first kappa shape index (κ1) is 17.6. The maximum Gasteiger partial charge on any atom is 0.493 e. The van der Waals surface area contributed by atoms with E-state index in [0.717, 1.165) is 11.1 Å². The van der Waals surface area contributed by atoms with Crippen molar-refractivity contribution in [1.29, 1.82) is 0 Å². The smallest absolute Gasteiger partial charge is 0.390 e. The van der Waals surface area contributed by atoms with Gasteiger partial charge in [-0.05, 0) is 34.9 Å². The van der Waals surface area contributed by atoms with Crippen LogP contribution in [-0.2, 0) is 0 Å². The largest absolute Gasteiger partial charge is 0.493 e. The van der Waals surface area contributed by atoms with Crippen molar-refractivity contribution in [2.24, 2.45) is 0 Å². The van der Waals surface area contributed by atoms with Gasteiger partial charge in [-0.3, -0.25) is 0 Å². The second-order valence-electron chi connectivity index (χ2n) is 5.81. The van der Waals surface area contributed by atoms with Gasteiger partial charge in [0.2, 0.25) is 0 Å². The Balaban J connectivity index is 2.22. The molecule has 3 aromatic rings. The molecule has 0 saturated carbocycles. The van der Waals surface area contributed by atoms with E-state index in [2.05, 4.69) is 10.1 Å². The summed E-state index contributed by atoms with van der Waals surface area (Å²) in [6, 6.07) is 19.4. The lowest BCUT2D eigenvalue weighted by atomic mass is 9.99. The van der Waals surface area contributed by atoms with Crippen LogP contribution in [0.25, 0.3) is 0 Å². The van der Waals surface area contributed by atoms with Gasteiger partial charge in [0.15, 0.2) is 0 Å². The molecule has 0 fully saturated rings. The topological polar surface area (TPSA) is 77.1 Å². The molecule has 134 valence electrons. The SMILES string of the molecule is CCN(CC)c1nc([N+](=O)[O-])nn1C(c1ccccc1)c1ccccc1. The highest BCUT2D eigenvalue weighted by molar-refractivity contribution is 5.40. The third-order valence-corrected chi connectivity index (χ3v) is 4.29. The zero-order valence-electron chi connectivity index (χ0n) is 14.8. The lowest BCUT2D eigenvalue weighted by Gasteiger charge is -2.22. The van der Waals surface area contributed by atoms with Gasteiger partial charge in [0.05, 0.1) is 0 Å². The maximum atomic E-state index is 11.3. The Hall–Kier alpha value is -3.22. The zero-order chi connectivity index (χ0) is 18.5. The molecule has 2 aromatic carbocycles. The summed E-state index contributed by atoms with van der Waals surface area (Å²) in [7, 11) is 0. The third-order valence-electron chi connectivity index (χ3n) is 4.29. The fraction of sp³-hybridized carbons (Fsp3) is 0.263. The number of anilines is 1. The zero-order valence-corrected chi connectivity index (χ0v) is 14.8. The summed E-state index contributed by atoms with van der Waals surface area (Å²) in [5.41, 5.74) is 1.99. The average Bonchev–Trinajstić information content (AvgIpc) is 3.10. The van der Waals surface area contributed by atoms with Crippen molar-refractivity contribution in [3.05, 3.63) is 81.9 Å². The van der Waals surface area contributed by atoms with E-state index in [-0.39, 0.29) is 12.0 Å². The van der Waals surface area contributed by atoms with E-state index in [9.17, 15) is 10.1 Å². The predicted molar refractivity (Wildman–Crippen MR) is 100 cm³/mol. The lowest BCUT2D eigenvalue weighted by Crippen LogP contribution is -2.28. The van der Waals surface area contributed by atoms with Crippen molar-refractivity contribution in [2.75, 3.05) is 18.0 Å². The fourth-order valence-electron chi connectivity index (χ4n) is 3.02. The monoisotopic (exact) mass is 351 g/mol. The molecular weight excluding hydrogens is 330 g/mol. The highest BCUT2D eigenvalue weighted by Crippen LogP contribution is 2.31. The van der Waals surface area contributed by atoms with Crippen LogP contribution in [0.5, 0.6) is 0 Å². The summed E-state index contributed by atoms with van der Waals surface area (Å²) in [6.45, 7) is 5.36. The Morgan fingerprint density at radius 1 is 1.00 bits per heavy atom. The van der Waals surface area contributed by atoms with Gasteiger partial charge in [-0.2, -0.15) is 0 Å². The Bertz CT molecular complexity index is 821. The maximum absolute atomic E-state index is 11.3. The van der Waals surface area contributed by atoms with Gasteiger partial charge in [-0.1, -0.05) is 60.7 Å². The summed E-state index contributed by atoms with van der Waals surface area (Å²) >= 11 is 0. The van der Waals surface area contributed by atoms with E-state index in [1.165, 1.54) is 0 Å². The molecule has 7 nitrogen and oxygen atoms in total. The molecule has 26 heavy (non-hydrogen) atoms. The van der Waals surface area contributed by atoms with Crippen LogP contribution in [0.2, 0.25) is 0 Å². The molecule has 0 amide bonds. The number of rotatable bonds is 7. The number of hydrogen-bond acceptors (Lipinski definition) is 5. The first-order valence-electron chi connectivity index (χ1n) is 8.61. The Morgan fingerprint density at radius 3 is 1.92 bits per heavy atom. The van der Waals surface area contributed by atoms with E-state index in [4.69, 9.17) is 0 Å². The minimum absolute atomic E-state index is 0.297. The minimum Gasteiger partial charge on any atom is -0.390 e.